The van der Waals surface area contributed by atoms with Gasteiger partial charge in [-0.2, -0.15) is 0 Å². The summed E-state index contributed by atoms with van der Waals surface area (Å²) in [5.41, 5.74) is 0.506. The predicted molar refractivity (Wildman–Crippen MR) is 52.7 cm³/mol. The van der Waals surface area contributed by atoms with Gasteiger partial charge in [0.25, 0.3) is 0 Å². The molecule has 2 unspecified atom stereocenters. The third-order valence-electron chi connectivity index (χ3n) is 3.21. The summed E-state index contributed by atoms with van der Waals surface area (Å²) in [5.74, 6) is -0.226. The second-order valence-electron chi connectivity index (χ2n) is 4.57. The zero-order valence-electron chi connectivity index (χ0n) is 8.66. The van der Waals surface area contributed by atoms with Crippen LogP contribution in [0.3, 0.4) is 0 Å². The van der Waals surface area contributed by atoms with E-state index in [1.165, 1.54) is 12.8 Å². The van der Waals surface area contributed by atoms with Gasteiger partial charge < -0.3 is 10.1 Å². The normalized spacial score (nSPS) is 35.4. The largest absolute Gasteiger partial charge is 0.459 e. The molecule has 0 radical (unpaired) electrons. The number of ether oxygens (including phenoxy) is 1. The van der Waals surface area contributed by atoms with Crippen LogP contribution in [0.25, 0.3) is 0 Å². The monoisotopic (exact) mass is 196 g/mol. The third kappa shape index (κ3) is 1.98. The first-order valence-electron chi connectivity index (χ1n) is 5.36. The van der Waals surface area contributed by atoms with Gasteiger partial charge in [0.05, 0.1) is 12.1 Å². The van der Waals surface area contributed by atoms with Crippen LogP contribution in [-0.4, -0.2) is 24.2 Å². The molecule has 2 N–H and O–H groups in total. The molecule has 2 atom stereocenters. The summed E-state index contributed by atoms with van der Waals surface area (Å²) in [5, 5.41) is 2.44. The molecule has 2 heterocycles. The number of carbonyl (C=O) groups excluding carboxylic acids is 1. The lowest BCUT2D eigenvalue weighted by atomic mass is 10.0. The predicted octanol–water partition coefficient (Wildman–Crippen LogP) is 0.362. The van der Waals surface area contributed by atoms with Crippen molar-refractivity contribution in [2.24, 2.45) is 0 Å². The molecule has 0 spiro atoms. The van der Waals surface area contributed by atoms with E-state index >= 15 is 0 Å². The molecule has 2 aliphatic heterocycles. The summed E-state index contributed by atoms with van der Waals surface area (Å²) >= 11 is 0. The maximum Gasteiger partial charge on any atom is 0.333 e. The number of rotatable bonds is 2. The highest BCUT2D eigenvalue weighted by molar-refractivity contribution is 5.87. The number of hydrogen-bond donors (Lipinski definition) is 1. The van der Waals surface area contributed by atoms with Crippen molar-refractivity contribution in [1.82, 2.24) is 0 Å². The van der Waals surface area contributed by atoms with Crippen LogP contribution in [0.4, 0.5) is 0 Å². The number of hydrogen-bond acceptors (Lipinski definition) is 2. The Kier molecular flexibility index (Phi) is 2.59. The Balaban J connectivity index is 1.88. The molecule has 3 nitrogen and oxygen atoms in total. The van der Waals surface area contributed by atoms with Crippen molar-refractivity contribution in [1.29, 1.82) is 0 Å². The Hall–Kier alpha value is -0.830. The van der Waals surface area contributed by atoms with E-state index in [0.29, 0.717) is 17.7 Å². The molecule has 2 rings (SSSR count). The molecule has 2 saturated heterocycles. The van der Waals surface area contributed by atoms with Crippen molar-refractivity contribution in [3.05, 3.63) is 12.2 Å². The molecular weight excluding hydrogens is 178 g/mol. The van der Waals surface area contributed by atoms with Crippen LogP contribution in [0.2, 0.25) is 0 Å². The molecule has 0 aromatic heterocycles. The first-order valence-corrected chi connectivity index (χ1v) is 5.36. The maximum absolute atomic E-state index is 11.3. The van der Waals surface area contributed by atoms with Gasteiger partial charge >= 0.3 is 5.97 Å². The highest BCUT2D eigenvalue weighted by Crippen LogP contribution is 2.23. The summed E-state index contributed by atoms with van der Waals surface area (Å²) in [6.07, 6.45) is 4.75. The fraction of sp³-hybridized carbons (Fsp3) is 0.727. The summed E-state index contributed by atoms with van der Waals surface area (Å²) in [7, 11) is 0. The minimum absolute atomic E-state index is 0.140. The standard InChI is InChI=1S/C11H17NO2/c1-7(2)11(13)14-10-5-8-3-4-9(6-10)12-8/h8-10,12H,1,3-6H2,2H3/p+1. The molecular formula is C11H18NO2+. The Morgan fingerprint density at radius 2 is 1.93 bits per heavy atom. The fourth-order valence-corrected chi connectivity index (χ4v) is 2.52. The van der Waals surface area contributed by atoms with Crippen LogP contribution >= 0.6 is 0 Å². The highest BCUT2D eigenvalue weighted by Gasteiger charge is 2.38. The lowest BCUT2D eigenvalue weighted by Gasteiger charge is -2.26. The van der Waals surface area contributed by atoms with Gasteiger partial charge in [0.1, 0.15) is 6.10 Å². The first-order chi connectivity index (χ1) is 6.65. The SMILES string of the molecule is C=C(C)C(=O)OC1CC2CCC(C1)[NH2+]2. The summed E-state index contributed by atoms with van der Waals surface area (Å²) < 4.78 is 5.38. The molecule has 0 amide bonds. The summed E-state index contributed by atoms with van der Waals surface area (Å²) in [6.45, 7) is 5.29. The molecule has 3 heteroatoms. The van der Waals surface area contributed by atoms with Crippen LogP contribution in [0, 0.1) is 0 Å². The van der Waals surface area contributed by atoms with E-state index in [0.717, 1.165) is 12.8 Å². The average molecular weight is 196 g/mol. The number of quaternary nitrogens is 1. The van der Waals surface area contributed by atoms with Crippen molar-refractivity contribution < 1.29 is 14.8 Å². The zero-order valence-corrected chi connectivity index (χ0v) is 8.66. The van der Waals surface area contributed by atoms with Crippen LogP contribution in [-0.2, 0) is 9.53 Å². The number of fused-ring (bicyclic) bond motifs is 2. The fourth-order valence-electron chi connectivity index (χ4n) is 2.52. The number of nitrogens with two attached hydrogens (primary N) is 1. The Labute approximate surface area is 84.5 Å². The zero-order chi connectivity index (χ0) is 10.1. The molecule has 78 valence electrons. The molecule has 2 fully saturated rings. The summed E-state index contributed by atoms with van der Waals surface area (Å²) in [6, 6.07) is 1.38. The molecule has 2 aliphatic rings. The van der Waals surface area contributed by atoms with Crippen LogP contribution < -0.4 is 5.32 Å². The van der Waals surface area contributed by atoms with Gasteiger partial charge in [-0.15, -0.1) is 0 Å². The second-order valence-corrected chi connectivity index (χ2v) is 4.57. The smallest absolute Gasteiger partial charge is 0.333 e. The van der Waals surface area contributed by atoms with Crippen molar-refractivity contribution in [3.63, 3.8) is 0 Å². The van der Waals surface area contributed by atoms with Crippen molar-refractivity contribution in [2.75, 3.05) is 0 Å². The van der Waals surface area contributed by atoms with E-state index in [2.05, 4.69) is 11.9 Å². The van der Waals surface area contributed by atoms with Crippen LogP contribution in [0.15, 0.2) is 12.2 Å². The van der Waals surface area contributed by atoms with E-state index in [1.807, 2.05) is 0 Å². The van der Waals surface area contributed by atoms with Gasteiger partial charge in [-0.25, -0.2) is 4.79 Å². The minimum Gasteiger partial charge on any atom is -0.459 e. The van der Waals surface area contributed by atoms with Crippen molar-refractivity contribution in [2.45, 2.75) is 50.8 Å². The molecule has 0 aromatic rings. The van der Waals surface area contributed by atoms with E-state index in [4.69, 9.17) is 4.74 Å². The lowest BCUT2D eigenvalue weighted by Crippen LogP contribution is -2.93. The topological polar surface area (TPSA) is 42.9 Å². The Bertz CT molecular complexity index is 250. The summed E-state index contributed by atoms with van der Waals surface area (Å²) in [4.78, 5) is 11.3. The quantitative estimate of drug-likeness (QED) is 0.512. The van der Waals surface area contributed by atoms with Gasteiger partial charge in [-0.3, -0.25) is 0 Å². The van der Waals surface area contributed by atoms with E-state index in [9.17, 15) is 4.79 Å². The van der Waals surface area contributed by atoms with Crippen LogP contribution in [0.5, 0.6) is 0 Å². The van der Waals surface area contributed by atoms with Gasteiger partial charge in [0.15, 0.2) is 0 Å². The molecule has 0 saturated carbocycles. The van der Waals surface area contributed by atoms with E-state index < -0.39 is 0 Å². The third-order valence-corrected chi connectivity index (χ3v) is 3.21. The second kappa shape index (κ2) is 3.73. The number of carbonyl (C=O) groups is 1. The van der Waals surface area contributed by atoms with E-state index in [1.54, 1.807) is 6.92 Å². The van der Waals surface area contributed by atoms with Gasteiger partial charge in [-0.05, 0) is 6.92 Å². The molecule has 14 heavy (non-hydrogen) atoms. The Morgan fingerprint density at radius 3 is 2.43 bits per heavy atom. The number of piperidine rings is 1. The maximum atomic E-state index is 11.3. The first kappa shape index (κ1) is 9.71. The van der Waals surface area contributed by atoms with Gasteiger partial charge in [0.2, 0.25) is 0 Å². The van der Waals surface area contributed by atoms with Gasteiger partial charge in [-0.1, -0.05) is 6.58 Å². The molecule has 2 bridgehead atoms. The minimum atomic E-state index is -0.226. The van der Waals surface area contributed by atoms with Crippen LogP contribution in [0.1, 0.15) is 32.6 Å². The highest BCUT2D eigenvalue weighted by atomic mass is 16.5. The Morgan fingerprint density at radius 1 is 1.36 bits per heavy atom. The molecule has 0 aliphatic carbocycles. The van der Waals surface area contributed by atoms with Gasteiger partial charge in [0, 0.05) is 31.3 Å². The lowest BCUT2D eigenvalue weighted by molar-refractivity contribution is -0.712. The number of esters is 1. The van der Waals surface area contributed by atoms with Crippen molar-refractivity contribution >= 4 is 5.97 Å². The van der Waals surface area contributed by atoms with Crippen molar-refractivity contribution in [3.8, 4) is 0 Å². The van der Waals surface area contributed by atoms with E-state index in [-0.39, 0.29) is 12.1 Å². The average Bonchev–Trinajstić information content (AvgIpc) is 2.45. The molecule has 0 aromatic carbocycles.